The lowest BCUT2D eigenvalue weighted by atomic mass is 9.91. The fourth-order valence-corrected chi connectivity index (χ4v) is 5.15. The van der Waals surface area contributed by atoms with Crippen LogP contribution in [0.15, 0.2) is 30.3 Å². The monoisotopic (exact) mass is 561 g/mol. The molecule has 4 N–H and O–H groups in total. The summed E-state index contributed by atoms with van der Waals surface area (Å²) in [5.41, 5.74) is 5.26. The zero-order valence-electron chi connectivity index (χ0n) is 24.7. The first kappa shape index (κ1) is 33.6. The Labute approximate surface area is 240 Å². The Morgan fingerprint density at radius 3 is 1.95 bits per heavy atom. The molecule has 0 aliphatic heterocycles. The lowest BCUT2D eigenvalue weighted by Crippen LogP contribution is -2.50. The number of imide groups is 1. The highest BCUT2D eigenvalue weighted by Gasteiger charge is 2.38. The third-order valence-corrected chi connectivity index (χ3v) is 7.20. The van der Waals surface area contributed by atoms with Gasteiger partial charge in [0.05, 0.1) is 0 Å². The van der Waals surface area contributed by atoms with Crippen molar-refractivity contribution in [2.45, 2.75) is 135 Å². The fraction of sp³-hybridized carbons (Fsp3) is 0.710. The molecule has 2 saturated carbocycles. The van der Waals surface area contributed by atoms with Gasteiger partial charge in [0.15, 0.2) is 0 Å². The minimum absolute atomic E-state index is 0.0617. The van der Waals surface area contributed by atoms with E-state index in [4.69, 9.17) is 15.2 Å². The molecule has 2 aliphatic carbocycles. The molecule has 0 saturated heterocycles. The fourth-order valence-electron chi connectivity index (χ4n) is 5.15. The third kappa shape index (κ3) is 13.1. The second-order valence-corrected chi connectivity index (χ2v) is 11.9. The number of unbranched alkanes of at least 4 members (excludes halogenated alkanes) is 1. The Morgan fingerprint density at radius 1 is 0.925 bits per heavy atom. The highest BCUT2D eigenvalue weighted by atomic mass is 16.6. The number of aliphatic carboxylic acids is 1. The number of ether oxygens (including phenoxy) is 2. The van der Waals surface area contributed by atoms with E-state index in [1.807, 2.05) is 6.07 Å². The number of carboxylic acids is 1. The SMILES string of the molecule is C1CCC(NC2CCCCC2)CC1.CC(C)(C)OC(=O)N(C(=O)OCc1ccccc1)[C@@H](CCCCN)C(=O)O. The minimum Gasteiger partial charge on any atom is -0.480 e. The highest BCUT2D eigenvalue weighted by Crippen LogP contribution is 2.23. The van der Waals surface area contributed by atoms with Crippen LogP contribution in [0.2, 0.25) is 0 Å². The standard InChI is InChI=1S/C19H28N2O6.C12H23N/c1-19(2,3)27-18(25)21(15(16(22)23)11-7-8-12-20)17(24)26-13-14-9-5-4-6-10-14;1-3-7-11(8-4-1)13-12-9-5-2-6-10-12/h4-6,9-10,15H,7-8,11-13,20H2,1-3H3,(H,22,23);11-13H,1-10H2/t15-;/m0./s1. The molecule has 1 atom stereocenters. The maximum absolute atomic E-state index is 12.5. The number of amides is 2. The first-order valence-corrected chi connectivity index (χ1v) is 15.0. The number of carboxylic acid groups (broad SMARTS) is 1. The van der Waals surface area contributed by atoms with Crippen molar-refractivity contribution in [1.29, 1.82) is 0 Å². The van der Waals surface area contributed by atoms with Crippen LogP contribution in [-0.4, -0.2) is 58.4 Å². The van der Waals surface area contributed by atoms with Crippen molar-refractivity contribution in [3.63, 3.8) is 0 Å². The Hall–Kier alpha value is -2.65. The van der Waals surface area contributed by atoms with Crippen molar-refractivity contribution in [2.75, 3.05) is 6.54 Å². The van der Waals surface area contributed by atoms with Crippen LogP contribution in [0.25, 0.3) is 0 Å². The quantitative estimate of drug-likeness (QED) is 0.280. The average molecular weight is 562 g/mol. The largest absolute Gasteiger partial charge is 0.480 e. The third-order valence-electron chi connectivity index (χ3n) is 7.20. The van der Waals surface area contributed by atoms with Gasteiger partial charge in [-0.2, -0.15) is 4.90 Å². The molecule has 0 spiro atoms. The first-order chi connectivity index (χ1) is 19.1. The van der Waals surface area contributed by atoms with Crippen LogP contribution in [-0.2, 0) is 20.9 Å². The number of benzene rings is 1. The number of hydrogen-bond acceptors (Lipinski definition) is 7. The Bertz CT molecular complexity index is 861. The van der Waals surface area contributed by atoms with Gasteiger partial charge in [0, 0.05) is 12.1 Å². The number of nitrogens with two attached hydrogens (primary N) is 1. The van der Waals surface area contributed by atoms with Gasteiger partial charge in [-0.05, 0) is 77.8 Å². The number of carbonyl (C=O) groups is 3. The summed E-state index contributed by atoms with van der Waals surface area (Å²) in [6.07, 6.45) is 13.5. The number of rotatable bonds is 10. The summed E-state index contributed by atoms with van der Waals surface area (Å²) < 4.78 is 10.4. The minimum atomic E-state index is -1.39. The summed E-state index contributed by atoms with van der Waals surface area (Å²) in [6, 6.07) is 9.23. The summed E-state index contributed by atoms with van der Waals surface area (Å²) in [4.78, 5) is 37.3. The number of nitrogens with zero attached hydrogens (tertiary/aromatic N) is 1. The van der Waals surface area contributed by atoms with Gasteiger partial charge in [-0.15, -0.1) is 0 Å². The normalized spacial score (nSPS) is 17.2. The van der Waals surface area contributed by atoms with Crippen LogP contribution < -0.4 is 11.1 Å². The van der Waals surface area contributed by atoms with Crippen LogP contribution in [0.4, 0.5) is 9.59 Å². The van der Waals surface area contributed by atoms with Crippen LogP contribution in [0.1, 0.15) is 110 Å². The summed E-state index contributed by atoms with van der Waals surface area (Å²) in [6.45, 7) is 5.18. The predicted octanol–water partition coefficient (Wildman–Crippen LogP) is 6.38. The molecule has 0 bridgehead atoms. The predicted molar refractivity (Wildman–Crippen MR) is 156 cm³/mol. The molecular formula is C31H51N3O6. The van der Waals surface area contributed by atoms with Crippen molar-refractivity contribution in [1.82, 2.24) is 10.2 Å². The van der Waals surface area contributed by atoms with Crippen LogP contribution in [0.3, 0.4) is 0 Å². The number of carbonyl (C=O) groups excluding carboxylic acids is 2. The molecule has 0 unspecified atom stereocenters. The van der Waals surface area contributed by atoms with E-state index in [9.17, 15) is 19.5 Å². The molecule has 0 aromatic heterocycles. The van der Waals surface area contributed by atoms with E-state index in [0.29, 0.717) is 29.8 Å². The Morgan fingerprint density at radius 2 is 1.48 bits per heavy atom. The van der Waals surface area contributed by atoms with E-state index in [1.54, 1.807) is 45.0 Å². The molecule has 0 radical (unpaired) electrons. The maximum Gasteiger partial charge on any atom is 0.420 e. The second kappa shape index (κ2) is 17.9. The lowest BCUT2D eigenvalue weighted by molar-refractivity contribution is -0.143. The molecule has 0 heterocycles. The van der Waals surface area contributed by atoms with Crippen LogP contribution in [0.5, 0.6) is 0 Å². The zero-order chi connectivity index (χ0) is 29.4. The molecule has 40 heavy (non-hydrogen) atoms. The van der Waals surface area contributed by atoms with Gasteiger partial charge >= 0.3 is 18.2 Å². The molecule has 2 amide bonds. The average Bonchev–Trinajstić information content (AvgIpc) is 2.92. The summed E-state index contributed by atoms with van der Waals surface area (Å²) >= 11 is 0. The molecule has 9 nitrogen and oxygen atoms in total. The van der Waals surface area contributed by atoms with E-state index >= 15 is 0 Å². The van der Waals surface area contributed by atoms with Gasteiger partial charge in [-0.1, -0.05) is 68.9 Å². The molecule has 1 aromatic carbocycles. The van der Waals surface area contributed by atoms with Crippen molar-refractivity contribution < 1.29 is 29.0 Å². The second-order valence-electron chi connectivity index (χ2n) is 11.9. The van der Waals surface area contributed by atoms with Crippen molar-refractivity contribution in [2.24, 2.45) is 5.73 Å². The first-order valence-electron chi connectivity index (χ1n) is 15.0. The van der Waals surface area contributed by atoms with Gasteiger partial charge < -0.3 is 25.6 Å². The van der Waals surface area contributed by atoms with Gasteiger partial charge in [-0.25, -0.2) is 14.4 Å². The van der Waals surface area contributed by atoms with Crippen LogP contribution in [0, 0.1) is 0 Å². The number of nitrogens with one attached hydrogen (secondary N) is 1. The topological polar surface area (TPSA) is 131 Å². The molecule has 2 fully saturated rings. The summed E-state index contributed by atoms with van der Waals surface area (Å²) in [5.74, 6) is -1.31. The summed E-state index contributed by atoms with van der Waals surface area (Å²) in [5, 5.41) is 13.4. The van der Waals surface area contributed by atoms with Gasteiger partial charge in [0.2, 0.25) is 0 Å². The van der Waals surface area contributed by atoms with E-state index in [0.717, 1.165) is 12.1 Å². The van der Waals surface area contributed by atoms with Crippen molar-refractivity contribution >= 4 is 18.2 Å². The molecule has 9 heteroatoms. The summed E-state index contributed by atoms with van der Waals surface area (Å²) in [7, 11) is 0. The van der Waals surface area contributed by atoms with Crippen molar-refractivity contribution in [3.8, 4) is 0 Å². The Kier molecular flexibility index (Phi) is 15.0. The van der Waals surface area contributed by atoms with E-state index < -0.39 is 29.8 Å². The van der Waals surface area contributed by atoms with E-state index in [1.165, 1.54) is 64.2 Å². The maximum atomic E-state index is 12.5. The molecule has 1 aromatic rings. The highest BCUT2D eigenvalue weighted by molar-refractivity contribution is 5.93. The number of hydrogen-bond donors (Lipinski definition) is 3. The van der Waals surface area contributed by atoms with Gasteiger partial charge in [0.1, 0.15) is 18.2 Å². The Balaban J connectivity index is 0.000000355. The zero-order valence-corrected chi connectivity index (χ0v) is 24.7. The van der Waals surface area contributed by atoms with E-state index in [2.05, 4.69) is 5.32 Å². The van der Waals surface area contributed by atoms with Gasteiger partial charge in [-0.3, -0.25) is 0 Å². The van der Waals surface area contributed by atoms with Gasteiger partial charge in [0.25, 0.3) is 0 Å². The van der Waals surface area contributed by atoms with Crippen molar-refractivity contribution in [3.05, 3.63) is 35.9 Å². The molecule has 3 rings (SSSR count). The molecule has 226 valence electrons. The molecular weight excluding hydrogens is 510 g/mol. The van der Waals surface area contributed by atoms with Crippen LogP contribution >= 0.6 is 0 Å². The lowest BCUT2D eigenvalue weighted by Gasteiger charge is -2.30. The van der Waals surface area contributed by atoms with E-state index in [-0.39, 0.29) is 13.0 Å². The smallest absolute Gasteiger partial charge is 0.420 e. The molecule has 2 aliphatic rings.